The summed E-state index contributed by atoms with van der Waals surface area (Å²) >= 11 is 0. The molecular formula is C23H24O3P+. The van der Waals surface area contributed by atoms with E-state index in [9.17, 15) is 9.67 Å². The third-order valence-electron chi connectivity index (χ3n) is 4.80. The largest absolute Gasteiger partial charge is 0.560 e. The topological polar surface area (TPSA) is 46.5 Å². The van der Waals surface area contributed by atoms with Crippen LogP contribution >= 0.6 is 8.03 Å². The van der Waals surface area contributed by atoms with E-state index in [1.165, 1.54) is 5.56 Å². The lowest BCUT2D eigenvalue weighted by Gasteiger charge is -2.26. The molecule has 0 saturated heterocycles. The standard InChI is InChI=1S/C23H23O3P/c1-17-4-6-18(7-5-17)16-27(25)26-22-14-10-20(11-15-22)23(2,3)19-8-12-21(24)13-9-19/h4-15H,16H2,1-3H3/p+1. The minimum Gasteiger partial charge on any atom is -0.508 e. The Morgan fingerprint density at radius 2 is 1.37 bits per heavy atom. The smallest absolute Gasteiger partial charge is 0.508 e. The number of phenols is 1. The molecule has 1 N–H and O–H groups in total. The zero-order valence-electron chi connectivity index (χ0n) is 15.8. The first-order valence-electron chi connectivity index (χ1n) is 8.93. The highest BCUT2D eigenvalue weighted by atomic mass is 31.1. The van der Waals surface area contributed by atoms with Crippen molar-refractivity contribution in [3.05, 3.63) is 95.1 Å². The molecule has 0 fully saturated rings. The molecule has 0 radical (unpaired) electrons. The maximum Gasteiger partial charge on any atom is 0.560 e. The van der Waals surface area contributed by atoms with Crippen LogP contribution in [-0.2, 0) is 16.1 Å². The lowest BCUT2D eigenvalue weighted by Crippen LogP contribution is -2.18. The summed E-state index contributed by atoms with van der Waals surface area (Å²) in [4.78, 5) is 0. The number of rotatable bonds is 6. The van der Waals surface area contributed by atoms with Gasteiger partial charge >= 0.3 is 8.03 Å². The molecule has 1 unspecified atom stereocenters. The molecule has 3 rings (SSSR count). The maximum absolute atomic E-state index is 12.3. The fraction of sp³-hybridized carbons (Fsp3) is 0.217. The van der Waals surface area contributed by atoms with Gasteiger partial charge in [0, 0.05) is 11.0 Å². The van der Waals surface area contributed by atoms with Crippen LogP contribution < -0.4 is 4.52 Å². The van der Waals surface area contributed by atoms with Crippen molar-refractivity contribution in [1.82, 2.24) is 0 Å². The Bertz CT molecular complexity index is 911. The fourth-order valence-electron chi connectivity index (χ4n) is 2.97. The minimum atomic E-state index is -1.81. The summed E-state index contributed by atoms with van der Waals surface area (Å²) in [6.45, 7) is 6.29. The van der Waals surface area contributed by atoms with E-state index in [0.29, 0.717) is 11.9 Å². The second kappa shape index (κ2) is 7.94. The van der Waals surface area contributed by atoms with Gasteiger partial charge in [0.05, 0.1) is 0 Å². The normalized spacial score (nSPS) is 11.9. The molecule has 3 aromatic carbocycles. The summed E-state index contributed by atoms with van der Waals surface area (Å²) in [6.07, 6.45) is 0.399. The average Bonchev–Trinajstić information content (AvgIpc) is 2.64. The van der Waals surface area contributed by atoms with Crippen molar-refractivity contribution < 1.29 is 14.2 Å². The molecule has 0 spiro atoms. The quantitative estimate of drug-likeness (QED) is 0.508. The molecule has 0 saturated carbocycles. The monoisotopic (exact) mass is 379 g/mol. The van der Waals surface area contributed by atoms with Gasteiger partial charge in [-0.3, -0.25) is 4.52 Å². The van der Waals surface area contributed by atoms with Gasteiger partial charge in [-0.25, -0.2) is 0 Å². The summed E-state index contributed by atoms with van der Waals surface area (Å²) in [5, 5.41) is 9.49. The molecule has 3 aromatic rings. The van der Waals surface area contributed by atoms with Gasteiger partial charge in [0.2, 0.25) is 6.16 Å². The van der Waals surface area contributed by atoms with Crippen molar-refractivity contribution >= 4 is 8.03 Å². The lowest BCUT2D eigenvalue weighted by molar-refractivity contribution is 0.474. The Kier molecular flexibility index (Phi) is 5.62. The molecule has 3 nitrogen and oxygen atoms in total. The Labute approximate surface area is 161 Å². The molecular weight excluding hydrogens is 355 g/mol. The van der Waals surface area contributed by atoms with Crippen LogP contribution in [0, 0.1) is 6.92 Å². The highest BCUT2D eigenvalue weighted by Crippen LogP contribution is 2.35. The van der Waals surface area contributed by atoms with Crippen molar-refractivity contribution in [3.8, 4) is 11.5 Å². The number of phenolic OH excluding ortho intramolecular Hbond substituents is 1. The number of hydrogen-bond donors (Lipinski definition) is 1. The van der Waals surface area contributed by atoms with Crippen LogP contribution in [0.1, 0.15) is 36.1 Å². The molecule has 0 aromatic heterocycles. The first-order valence-corrected chi connectivity index (χ1v) is 10.3. The van der Waals surface area contributed by atoms with Crippen molar-refractivity contribution in [2.24, 2.45) is 0 Å². The minimum absolute atomic E-state index is 0.212. The van der Waals surface area contributed by atoms with E-state index in [4.69, 9.17) is 4.52 Å². The Morgan fingerprint density at radius 3 is 1.93 bits per heavy atom. The fourth-order valence-corrected chi connectivity index (χ4v) is 3.90. The lowest BCUT2D eigenvalue weighted by atomic mass is 9.78. The van der Waals surface area contributed by atoms with E-state index in [-0.39, 0.29) is 11.2 Å². The van der Waals surface area contributed by atoms with E-state index < -0.39 is 8.03 Å². The van der Waals surface area contributed by atoms with Crippen LogP contribution in [0.2, 0.25) is 0 Å². The van der Waals surface area contributed by atoms with Crippen molar-refractivity contribution in [2.45, 2.75) is 32.3 Å². The maximum atomic E-state index is 12.3. The number of benzene rings is 3. The second-order valence-corrected chi connectivity index (χ2v) is 8.43. The Morgan fingerprint density at radius 1 is 0.852 bits per heavy atom. The Hall–Kier alpha value is -2.64. The van der Waals surface area contributed by atoms with Gasteiger partial charge in [-0.15, -0.1) is 0 Å². The van der Waals surface area contributed by atoms with Gasteiger partial charge in [-0.05, 0) is 46.9 Å². The zero-order valence-corrected chi connectivity index (χ0v) is 16.7. The molecule has 27 heavy (non-hydrogen) atoms. The van der Waals surface area contributed by atoms with Crippen LogP contribution in [-0.4, -0.2) is 5.11 Å². The summed E-state index contributed by atoms with van der Waals surface area (Å²) in [7, 11) is -1.81. The number of hydrogen-bond acceptors (Lipinski definition) is 3. The molecule has 4 heteroatoms. The van der Waals surface area contributed by atoms with Gasteiger partial charge in [0.25, 0.3) is 0 Å². The molecule has 0 amide bonds. The van der Waals surface area contributed by atoms with Gasteiger partial charge in [-0.1, -0.05) is 67.9 Å². The summed E-state index contributed by atoms with van der Waals surface area (Å²) in [6, 6.07) is 23.0. The number of aromatic hydroxyl groups is 1. The van der Waals surface area contributed by atoms with Crippen LogP contribution in [0.4, 0.5) is 0 Å². The van der Waals surface area contributed by atoms with E-state index in [2.05, 4.69) is 13.8 Å². The molecule has 0 heterocycles. The molecule has 0 aliphatic rings. The van der Waals surface area contributed by atoms with Crippen molar-refractivity contribution in [3.63, 3.8) is 0 Å². The van der Waals surface area contributed by atoms with Gasteiger partial charge < -0.3 is 5.11 Å². The van der Waals surface area contributed by atoms with Crippen LogP contribution in [0.5, 0.6) is 11.5 Å². The third-order valence-corrected chi connectivity index (χ3v) is 5.84. The highest BCUT2D eigenvalue weighted by Gasteiger charge is 2.24. The van der Waals surface area contributed by atoms with Gasteiger partial charge in [0.1, 0.15) is 5.75 Å². The van der Waals surface area contributed by atoms with E-state index >= 15 is 0 Å². The van der Waals surface area contributed by atoms with Gasteiger partial charge in [0.15, 0.2) is 5.75 Å². The van der Waals surface area contributed by atoms with E-state index in [1.807, 2.05) is 67.6 Å². The predicted octanol–water partition coefficient (Wildman–Crippen LogP) is 6.35. The van der Waals surface area contributed by atoms with E-state index in [0.717, 1.165) is 16.7 Å². The SMILES string of the molecule is Cc1ccc(C[P+](=O)Oc2ccc(C(C)(C)c3ccc(O)cc3)cc2)cc1. The van der Waals surface area contributed by atoms with E-state index in [1.54, 1.807) is 12.1 Å². The third kappa shape index (κ3) is 4.75. The highest BCUT2D eigenvalue weighted by molar-refractivity contribution is 7.38. The van der Waals surface area contributed by atoms with Crippen molar-refractivity contribution in [1.29, 1.82) is 0 Å². The molecule has 0 aliphatic heterocycles. The molecule has 138 valence electrons. The summed E-state index contributed by atoms with van der Waals surface area (Å²) in [5.41, 5.74) is 4.21. The Balaban J connectivity index is 1.68. The average molecular weight is 379 g/mol. The first kappa shape index (κ1) is 19.1. The number of aryl methyl sites for hydroxylation is 1. The van der Waals surface area contributed by atoms with Crippen LogP contribution in [0.25, 0.3) is 0 Å². The summed E-state index contributed by atoms with van der Waals surface area (Å²) < 4.78 is 17.9. The molecule has 0 bridgehead atoms. The predicted molar refractivity (Wildman–Crippen MR) is 110 cm³/mol. The van der Waals surface area contributed by atoms with Gasteiger partial charge in [-0.2, -0.15) is 0 Å². The van der Waals surface area contributed by atoms with Crippen LogP contribution in [0.3, 0.4) is 0 Å². The van der Waals surface area contributed by atoms with Crippen LogP contribution in [0.15, 0.2) is 72.8 Å². The first-order chi connectivity index (χ1) is 12.8. The molecule has 0 aliphatic carbocycles. The second-order valence-electron chi connectivity index (χ2n) is 7.26. The molecule has 1 atom stereocenters. The summed E-state index contributed by atoms with van der Waals surface area (Å²) in [5.74, 6) is 0.865. The zero-order chi connectivity index (χ0) is 19.4. The van der Waals surface area contributed by atoms with Crippen molar-refractivity contribution in [2.75, 3.05) is 0 Å².